The van der Waals surface area contributed by atoms with Crippen LogP contribution in [-0.2, 0) is 21.1 Å². The van der Waals surface area contributed by atoms with Gasteiger partial charge in [-0.1, -0.05) is 109 Å². The number of ether oxygens (including phenoxy) is 1. The van der Waals surface area contributed by atoms with Gasteiger partial charge in [-0.2, -0.15) is 0 Å². The number of hydrogen-bond acceptors (Lipinski definition) is 3. The van der Waals surface area contributed by atoms with E-state index < -0.39 is 9.04 Å². The van der Waals surface area contributed by atoms with Crippen molar-refractivity contribution in [2.24, 2.45) is 17.3 Å². The van der Waals surface area contributed by atoms with Crippen molar-refractivity contribution in [1.29, 1.82) is 0 Å². The van der Waals surface area contributed by atoms with Crippen LogP contribution in [0.4, 0.5) is 5.69 Å². The van der Waals surface area contributed by atoms with E-state index in [0.717, 1.165) is 40.3 Å². The Morgan fingerprint density at radius 3 is 2.04 bits per heavy atom. The highest BCUT2D eigenvalue weighted by Gasteiger charge is 2.39. The average Bonchev–Trinajstić information content (AvgIpc) is 2.98. The van der Waals surface area contributed by atoms with Gasteiger partial charge in [0.05, 0.1) is 6.10 Å². The summed E-state index contributed by atoms with van der Waals surface area (Å²) in [4.78, 5) is 13.9. The van der Waals surface area contributed by atoms with Crippen molar-refractivity contribution in [2.75, 3.05) is 5.32 Å². The maximum absolute atomic E-state index is 13.9. The second-order valence-corrected chi connectivity index (χ2v) is 18.2. The van der Waals surface area contributed by atoms with Crippen molar-refractivity contribution in [3.8, 4) is 11.5 Å². The highest BCUT2D eigenvalue weighted by molar-refractivity contribution is 6.48. The van der Waals surface area contributed by atoms with Crippen molar-refractivity contribution < 1.29 is 14.0 Å². The molecule has 5 rings (SSSR count). The van der Waals surface area contributed by atoms with Gasteiger partial charge in [0.15, 0.2) is 9.04 Å². The van der Waals surface area contributed by atoms with E-state index in [-0.39, 0.29) is 28.8 Å². The zero-order valence-electron chi connectivity index (χ0n) is 28.9. The van der Waals surface area contributed by atoms with Gasteiger partial charge in [-0.25, -0.2) is 0 Å². The first-order valence-electron chi connectivity index (χ1n) is 17.3. The molecule has 0 bridgehead atoms. The third kappa shape index (κ3) is 8.10. The monoisotopic (exact) mass is 625 g/mol. The normalized spacial score (nSPS) is 17.3. The summed E-state index contributed by atoms with van der Waals surface area (Å²) in [7, 11) is -1.23. The summed E-state index contributed by atoms with van der Waals surface area (Å²) < 4.78 is 13.1. The Hall–Kier alpha value is -2.89. The Morgan fingerprint density at radius 1 is 0.889 bits per heavy atom. The molecule has 1 N–H and O–H groups in total. The fourth-order valence-corrected chi connectivity index (χ4v) is 8.61. The number of hydrogen-bond donors (Lipinski definition) is 1. The fourth-order valence-electron chi connectivity index (χ4n) is 7.57. The lowest BCUT2D eigenvalue weighted by molar-refractivity contribution is -0.116. The standard InChI is InChI=1S/C40H55NO3Si/c1-39(2,3)32-23-22-27(24-33(40(4,5)6)38(44-45(7)8)28-16-10-9-11-17-28)25-34(32)41-37(42)26-31-29-18-12-14-20-35(29)43-36-21-15-13-19-30(31)36/h12-15,18-23,25,28,31,33,38,45H,9-11,16-17,24,26H2,1-8H3,(H,41,42). The molecule has 3 aromatic carbocycles. The smallest absolute Gasteiger partial charge is 0.225 e. The van der Waals surface area contributed by atoms with Crippen LogP contribution in [0.3, 0.4) is 0 Å². The number of carbonyl (C=O) groups excluding carboxylic acids is 1. The Labute approximate surface area is 274 Å². The second kappa shape index (κ2) is 13.8. The predicted molar refractivity (Wildman–Crippen MR) is 190 cm³/mol. The topological polar surface area (TPSA) is 47.6 Å². The van der Waals surface area contributed by atoms with Crippen molar-refractivity contribution >= 4 is 20.6 Å². The van der Waals surface area contributed by atoms with E-state index in [0.29, 0.717) is 18.3 Å². The van der Waals surface area contributed by atoms with Crippen LogP contribution in [0.25, 0.3) is 0 Å². The molecular weight excluding hydrogens is 571 g/mol. The number of benzene rings is 3. The van der Waals surface area contributed by atoms with Gasteiger partial charge in [0.25, 0.3) is 0 Å². The average molecular weight is 626 g/mol. The Bertz CT molecular complexity index is 1420. The summed E-state index contributed by atoms with van der Waals surface area (Å²) in [6, 6.07) is 23.0. The summed E-state index contributed by atoms with van der Waals surface area (Å²) in [6.07, 6.45) is 8.13. The van der Waals surface area contributed by atoms with Crippen LogP contribution in [0.5, 0.6) is 11.5 Å². The number of fused-ring (bicyclic) bond motifs is 2. The molecule has 1 aliphatic carbocycles. The van der Waals surface area contributed by atoms with Gasteiger partial charge in [-0.15, -0.1) is 0 Å². The Morgan fingerprint density at radius 2 is 1.49 bits per heavy atom. The fraction of sp³-hybridized carbons (Fsp3) is 0.525. The van der Waals surface area contributed by atoms with Crippen molar-refractivity contribution in [3.63, 3.8) is 0 Å². The van der Waals surface area contributed by atoms with E-state index in [1.807, 2.05) is 36.4 Å². The van der Waals surface area contributed by atoms with Gasteiger partial charge in [0.2, 0.25) is 5.91 Å². The highest BCUT2D eigenvalue weighted by Crippen LogP contribution is 2.46. The minimum absolute atomic E-state index is 0.0238. The molecule has 0 spiro atoms. The molecule has 4 nitrogen and oxygen atoms in total. The Kier molecular flexibility index (Phi) is 10.3. The maximum Gasteiger partial charge on any atom is 0.225 e. The third-order valence-corrected chi connectivity index (χ3v) is 10.7. The SMILES string of the molecule is C[SiH](C)OC(C1CCCCC1)C(Cc1ccc(C(C)(C)C)c(NC(=O)CC2c3ccccc3Oc3ccccc32)c1)C(C)(C)C. The van der Waals surface area contributed by atoms with E-state index in [1.165, 1.54) is 37.7 Å². The zero-order chi connectivity index (χ0) is 32.4. The predicted octanol–water partition coefficient (Wildman–Crippen LogP) is 10.4. The number of carbonyl (C=O) groups is 1. The molecule has 1 aliphatic heterocycles. The van der Waals surface area contributed by atoms with Gasteiger partial charge < -0.3 is 14.5 Å². The number of anilines is 1. The maximum atomic E-state index is 13.9. The first-order chi connectivity index (χ1) is 21.3. The molecule has 1 amide bonds. The first-order valence-corrected chi connectivity index (χ1v) is 20.0. The quantitative estimate of drug-likeness (QED) is 0.241. The molecule has 3 aromatic rings. The number of amides is 1. The number of rotatable bonds is 9. The van der Waals surface area contributed by atoms with Crippen molar-refractivity contribution in [1.82, 2.24) is 0 Å². The van der Waals surface area contributed by atoms with E-state index in [2.05, 4.69) is 90.3 Å². The molecule has 1 heterocycles. The first kappa shape index (κ1) is 33.5. The summed E-state index contributed by atoms with van der Waals surface area (Å²) >= 11 is 0. The summed E-state index contributed by atoms with van der Waals surface area (Å²) in [5.74, 6) is 2.66. The van der Waals surface area contributed by atoms with Crippen molar-refractivity contribution in [3.05, 3.63) is 89.0 Å². The molecule has 1 fully saturated rings. The summed E-state index contributed by atoms with van der Waals surface area (Å²) in [6.45, 7) is 18.5. The third-order valence-electron chi connectivity index (χ3n) is 9.87. The molecule has 0 aromatic heterocycles. The largest absolute Gasteiger partial charge is 0.457 e. The van der Waals surface area contributed by atoms with E-state index in [9.17, 15) is 4.79 Å². The van der Waals surface area contributed by atoms with Crippen LogP contribution in [0.15, 0.2) is 66.7 Å². The van der Waals surface area contributed by atoms with E-state index in [1.54, 1.807) is 0 Å². The molecule has 1 saturated carbocycles. The molecule has 0 radical (unpaired) electrons. The zero-order valence-corrected chi connectivity index (χ0v) is 30.1. The number of nitrogens with one attached hydrogen (secondary N) is 1. The van der Waals surface area contributed by atoms with Crippen LogP contribution < -0.4 is 10.1 Å². The molecule has 2 atom stereocenters. The van der Waals surface area contributed by atoms with Gasteiger partial charge in [-0.05, 0) is 84.3 Å². The van der Waals surface area contributed by atoms with Crippen molar-refractivity contribution in [2.45, 2.75) is 117 Å². The minimum Gasteiger partial charge on any atom is -0.457 e. The van der Waals surface area contributed by atoms with Crippen LogP contribution >= 0.6 is 0 Å². The second-order valence-electron chi connectivity index (χ2n) is 15.8. The summed E-state index contributed by atoms with van der Waals surface area (Å²) in [5.41, 5.74) is 5.47. The van der Waals surface area contributed by atoms with E-state index in [4.69, 9.17) is 9.16 Å². The van der Waals surface area contributed by atoms with Gasteiger partial charge in [0.1, 0.15) is 11.5 Å². The molecule has 2 unspecified atom stereocenters. The van der Waals surface area contributed by atoms with Gasteiger partial charge in [-0.3, -0.25) is 4.79 Å². The lowest BCUT2D eigenvalue weighted by Gasteiger charge is -2.43. The lowest BCUT2D eigenvalue weighted by Crippen LogP contribution is -2.43. The molecule has 2 aliphatic rings. The lowest BCUT2D eigenvalue weighted by atomic mass is 9.68. The molecule has 5 heteroatoms. The van der Waals surface area contributed by atoms with Crippen LogP contribution in [-0.4, -0.2) is 21.1 Å². The van der Waals surface area contributed by atoms with Gasteiger partial charge in [0, 0.05) is 29.2 Å². The van der Waals surface area contributed by atoms with Crippen LogP contribution in [0.1, 0.15) is 108 Å². The van der Waals surface area contributed by atoms with Gasteiger partial charge >= 0.3 is 0 Å². The highest BCUT2D eigenvalue weighted by atomic mass is 28.3. The Balaban J connectivity index is 1.43. The van der Waals surface area contributed by atoms with Crippen LogP contribution in [0.2, 0.25) is 13.1 Å². The minimum atomic E-state index is -1.23. The molecule has 0 saturated heterocycles. The van der Waals surface area contributed by atoms with Crippen LogP contribution in [0, 0.1) is 17.3 Å². The number of para-hydroxylation sites is 2. The molecule has 45 heavy (non-hydrogen) atoms. The molecular formula is C40H55NO3Si. The molecule has 242 valence electrons. The van der Waals surface area contributed by atoms with E-state index >= 15 is 0 Å². The summed E-state index contributed by atoms with van der Waals surface area (Å²) in [5, 5.41) is 3.40.